The van der Waals surface area contributed by atoms with E-state index in [1.165, 1.54) is 0 Å². The highest BCUT2D eigenvalue weighted by atomic mass is 16.4. The number of carboxylic acid groups (broad SMARTS) is 1. The Labute approximate surface area is 125 Å². The molecule has 0 spiro atoms. The van der Waals surface area contributed by atoms with E-state index in [0.717, 1.165) is 18.8 Å². The number of nitrogens with one attached hydrogen (secondary N) is 1. The number of hydrogen-bond donors (Lipinski definition) is 2. The zero-order valence-electron chi connectivity index (χ0n) is 12.9. The Morgan fingerprint density at radius 3 is 2.57 bits per heavy atom. The number of nitrogens with zero attached hydrogens (tertiary/aromatic N) is 1. The predicted octanol–water partition coefficient (Wildman–Crippen LogP) is 2.10. The summed E-state index contributed by atoms with van der Waals surface area (Å²) in [6.07, 6.45) is 0.431. The third kappa shape index (κ3) is 5.99. The lowest BCUT2D eigenvalue weighted by atomic mass is 10.2. The maximum absolute atomic E-state index is 12.0. The molecular weight excluding hydrogens is 272 g/mol. The summed E-state index contributed by atoms with van der Waals surface area (Å²) in [6.45, 7) is 8.44. The smallest absolute Gasteiger partial charge is 0.303 e. The summed E-state index contributed by atoms with van der Waals surface area (Å²) in [7, 11) is 0. The van der Waals surface area contributed by atoms with Crippen LogP contribution in [0, 0.1) is 0 Å². The minimum absolute atomic E-state index is 0.0345. The van der Waals surface area contributed by atoms with Crippen molar-refractivity contribution in [1.82, 2.24) is 10.2 Å². The second-order valence-electron chi connectivity index (χ2n) is 5.03. The van der Waals surface area contributed by atoms with Gasteiger partial charge in [0, 0.05) is 12.5 Å². The van der Waals surface area contributed by atoms with E-state index in [0.29, 0.717) is 13.0 Å². The van der Waals surface area contributed by atoms with Gasteiger partial charge in [-0.1, -0.05) is 13.8 Å². The Bertz CT molecular complexity index is 466. The molecule has 0 fully saturated rings. The Hall–Kier alpha value is -1.82. The van der Waals surface area contributed by atoms with Crippen LogP contribution >= 0.6 is 0 Å². The van der Waals surface area contributed by atoms with Crippen molar-refractivity contribution in [2.75, 3.05) is 13.1 Å². The lowest BCUT2D eigenvalue weighted by molar-refractivity contribution is -0.137. The third-order valence-corrected chi connectivity index (χ3v) is 3.33. The number of amides is 1. The molecular formula is C15H24N2O4. The highest BCUT2D eigenvalue weighted by molar-refractivity contribution is 5.91. The standard InChI is InChI=1S/C15H24N2O4/c1-4-17(5-2)10-12-7-8-13(21-12)15(20)16-11(3)6-9-14(18)19/h7-8,11H,4-6,9-10H2,1-3H3,(H,16,20)(H,18,19). The number of rotatable bonds is 9. The summed E-state index contributed by atoms with van der Waals surface area (Å²) in [5.41, 5.74) is 0. The first kappa shape index (κ1) is 17.2. The van der Waals surface area contributed by atoms with E-state index in [4.69, 9.17) is 9.52 Å². The van der Waals surface area contributed by atoms with Gasteiger partial charge in [0.2, 0.25) is 0 Å². The fourth-order valence-electron chi connectivity index (χ4n) is 1.96. The predicted molar refractivity (Wildman–Crippen MR) is 79.1 cm³/mol. The monoisotopic (exact) mass is 296 g/mol. The molecule has 118 valence electrons. The van der Waals surface area contributed by atoms with Crippen molar-refractivity contribution in [2.24, 2.45) is 0 Å². The van der Waals surface area contributed by atoms with E-state index < -0.39 is 5.97 Å². The molecule has 0 radical (unpaired) electrons. The summed E-state index contributed by atoms with van der Waals surface area (Å²) in [5, 5.41) is 11.3. The summed E-state index contributed by atoms with van der Waals surface area (Å²) >= 11 is 0. The van der Waals surface area contributed by atoms with Crippen molar-refractivity contribution in [2.45, 2.75) is 46.2 Å². The van der Waals surface area contributed by atoms with E-state index in [-0.39, 0.29) is 24.1 Å². The van der Waals surface area contributed by atoms with Gasteiger partial charge in [0.05, 0.1) is 6.54 Å². The maximum Gasteiger partial charge on any atom is 0.303 e. The maximum atomic E-state index is 12.0. The van der Waals surface area contributed by atoms with Gasteiger partial charge in [-0.2, -0.15) is 0 Å². The van der Waals surface area contributed by atoms with Gasteiger partial charge in [0.25, 0.3) is 5.91 Å². The van der Waals surface area contributed by atoms with E-state index >= 15 is 0 Å². The largest absolute Gasteiger partial charge is 0.481 e. The van der Waals surface area contributed by atoms with Crippen molar-refractivity contribution >= 4 is 11.9 Å². The van der Waals surface area contributed by atoms with Gasteiger partial charge in [0.15, 0.2) is 5.76 Å². The summed E-state index contributed by atoms with van der Waals surface area (Å²) < 4.78 is 5.54. The Balaban J connectivity index is 2.51. The van der Waals surface area contributed by atoms with Gasteiger partial charge >= 0.3 is 5.97 Å². The van der Waals surface area contributed by atoms with Crippen LogP contribution in [0.1, 0.15) is 49.9 Å². The quantitative estimate of drug-likeness (QED) is 0.729. The highest BCUT2D eigenvalue weighted by Crippen LogP contribution is 2.11. The van der Waals surface area contributed by atoms with Crippen molar-refractivity contribution in [3.05, 3.63) is 23.7 Å². The van der Waals surface area contributed by atoms with Crippen molar-refractivity contribution in [3.8, 4) is 0 Å². The zero-order chi connectivity index (χ0) is 15.8. The van der Waals surface area contributed by atoms with Gasteiger partial charge in [-0.25, -0.2) is 0 Å². The molecule has 0 saturated carbocycles. The number of aliphatic carboxylic acids is 1. The molecule has 1 unspecified atom stereocenters. The topological polar surface area (TPSA) is 82.8 Å². The molecule has 0 aliphatic rings. The summed E-state index contributed by atoms with van der Waals surface area (Å²) in [4.78, 5) is 24.6. The van der Waals surface area contributed by atoms with Crippen LogP contribution in [-0.2, 0) is 11.3 Å². The molecule has 21 heavy (non-hydrogen) atoms. The Kier molecular flexibility index (Phi) is 6.94. The normalized spacial score (nSPS) is 12.4. The van der Waals surface area contributed by atoms with Crippen LogP contribution in [0.2, 0.25) is 0 Å². The minimum atomic E-state index is -0.865. The molecule has 0 bridgehead atoms. The van der Waals surface area contributed by atoms with Crippen LogP contribution in [0.15, 0.2) is 16.5 Å². The number of hydrogen-bond acceptors (Lipinski definition) is 4. The lowest BCUT2D eigenvalue weighted by Gasteiger charge is -2.15. The molecule has 1 heterocycles. The summed E-state index contributed by atoms with van der Waals surface area (Å²) in [6, 6.07) is 3.25. The fourth-order valence-corrected chi connectivity index (χ4v) is 1.96. The molecule has 1 atom stereocenters. The van der Waals surface area contributed by atoms with E-state index in [9.17, 15) is 9.59 Å². The lowest BCUT2D eigenvalue weighted by Crippen LogP contribution is -2.32. The molecule has 0 aliphatic heterocycles. The first-order valence-electron chi connectivity index (χ1n) is 7.30. The molecule has 2 N–H and O–H groups in total. The van der Waals surface area contributed by atoms with Crippen LogP contribution in [0.4, 0.5) is 0 Å². The van der Waals surface area contributed by atoms with Crippen LogP contribution < -0.4 is 5.32 Å². The minimum Gasteiger partial charge on any atom is -0.481 e. The van der Waals surface area contributed by atoms with Crippen molar-refractivity contribution in [3.63, 3.8) is 0 Å². The van der Waals surface area contributed by atoms with Crippen molar-refractivity contribution < 1.29 is 19.1 Å². The van der Waals surface area contributed by atoms with Gasteiger partial charge < -0.3 is 14.8 Å². The molecule has 0 saturated heterocycles. The second-order valence-corrected chi connectivity index (χ2v) is 5.03. The fraction of sp³-hybridized carbons (Fsp3) is 0.600. The third-order valence-electron chi connectivity index (χ3n) is 3.33. The van der Waals surface area contributed by atoms with E-state index in [1.54, 1.807) is 19.1 Å². The van der Waals surface area contributed by atoms with E-state index in [1.807, 2.05) is 0 Å². The van der Waals surface area contributed by atoms with E-state index in [2.05, 4.69) is 24.1 Å². The Morgan fingerprint density at radius 2 is 2.00 bits per heavy atom. The van der Waals surface area contributed by atoms with Gasteiger partial charge in [-0.15, -0.1) is 0 Å². The van der Waals surface area contributed by atoms with Gasteiger partial charge in [-0.05, 0) is 38.6 Å². The average Bonchev–Trinajstić information content (AvgIpc) is 2.91. The SMILES string of the molecule is CCN(CC)Cc1ccc(C(=O)NC(C)CCC(=O)O)o1. The molecule has 6 heteroatoms. The number of carbonyl (C=O) groups is 2. The van der Waals surface area contributed by atoms with Gasteiger partial charge in [0.1, 0.15) is 5.76 Å². The highest BCUT2D eigenvalue weighted by Gasteiger charge is 2.15. The molecule has 1 aromatic heterocycles. The first-order valence-corrected chi connectivity index (χ1v) is 7.30. The molecule has 1 aromatic rings. The number of carbonyl (C=O) groups excluding carboxylic acids is 1. The first-order chi connectivity index (χ1) is 9.96. The van der Waals surface area contributed by atoms with Crippen LogP contribution in [0.5, 0.6) is 0 Å². The van der Waals surface area contributed by atoms with Crippen LogP contribution in [0.3, 0.4) is 0 Å². The molecule has 0 aliphatic carbocycles. The second kappa shape index (κ2) is 8.46. The molecule has 6 nitrogen and oxygen atoms in total. The Morgan fingerprint density at radius 1 is 1.33 bits per heavy atom. The number of furan rings is 1. The summed E-state index contributed by atoms with van der Waals surface area (Å²) in [5.74, 6) is -0.157. The van der Waals surface area contributed by atoms with Gasteiger partial charge in [-0.3, -0.25) is 14.5 Å². The van der Waals surface area contributed by atoms with Crippen LogP contribution in [-0.4, -0.2) is 41.0 Å². The zero-order valence-corrected chi connectivity index (χ0v) is 12.9. The molecule has 0 aromatic carbocycles. The molecule has 1 rings (SSSR count). The van der Waals surface area contributed by atoms with Crippen molar-refractivity contribution in [1.29, 1.82) is 0 Å². The average molecular weight is 296 g/mol. The van der Waals surface area contributed by atoms with Crippen LogP contribution in [0.25, 0.3) is 0 Å². The number of carboxylic acids is 1. The molecule has 1 amide bonds.